The van der Waals surface area contributed by atoms with E-state index < -0.39 is 0 Å². The Kier molecular flexibility index (Phi) is 4.54. The SMILES string of the molecule is Cc1ccc(Cl)cc1N=Cc1cc(C)n(-c2ccc(F)cc2)c1C. The van der Waals surface area contributed by atoms with E-state index in [1.807, 2.05) is 45.2 Å². The molecule has 0 fully saturated rings. The first-order valence-corrected chi connectivity index (χ1v) is 8.08. The first kappa shape index (κ1) is 16.5. The average molecular weight is 341 g/mol. The molecule has 0 aliphatic carbocycles. The largest absolute Gasteiger partial charge is 0.318 e. The molecule has 122 valence electrons. The predicted octanol–water partition coefficient (Wildman–Crippen LogP) is 5.95. The van der Waals surface area contributed by atoms with Crippen LogP contribution in [0.5, 0.6) is 0 Å². The molecule has 1 heterocycles. The highest BCUT2D eigenvalue weighted by Crippen LogP contribution is 2.24. The number of hydrogen-bond donors (Lipinski definition) is 0. The number of nitrogens with zero attached hydrogens (tertiary/aromatic N) is 2. The van der Waals surface area contributed by atoms with Crippen LogP contribution in [0.4, 0.5) is 10.1 Å². The Labute approximate surface area is 146 Å². The highest BCUT2D eigenvalue weighted by Gasteiger charge is 2.09. The molecule has 0 N–H and O–H groups in total. The van der Waals surface area contributed by atoms with Gasteiger partial charge in [-0.05, 0) is 68.8 Å². The van der Waals surface area contributed by atoms with Crippen LogP contribution in [-0.4, -0.2) is 10.8 Å². The van der Waals surface area contributed by atoms with Crippen LogP contribution >= 0.6 is 11.6 Å². The molecule has 0 saturated heterocycles. The van der Waals surface area contributed by atoms with Crippen molar-refractivity contribution in [2.24, 2.45) is 4.99 Å². The number of aliphatic imine (C=N–C) groups is 1. The lowest BCUT2D eigenvalue weighted by atomic mass is 10.2. The Bertz CT molecular complexity index is 908. The van der Waals surface area contributed by atoms with Crippen molar-refractivity contribution >= 4 is 23.5 Å². The van der Waals surface area contributed by atoms with Crippen LogP contribution in [0.15, 0.2) is 53.5 Å². The predicted molar refractivity (Wildman–Crippen MR) is 98.6 cm³/mol. The lowest BCUT2D eigenvalue weighted by molar-refractivity contribution is 0.627. The van der Waals surface area contributed by atoms with Crippen molar-refractivity contribution in [2.45, 2.75) is 20.8 Å². The van der Waals surface area contributed by atoms with Gasteiger partial charge < -0.3 is 4.57 Å². The molecule has 0 aliphatic rings. The summed E-state index contributed by atoms with van der Waals surface area (Å²) in [5.41, 5.74) is 6.02. The molecule has 0 spiro atoms. The summed E-state index contributed by atoms with van der Waals surface area (Å²) in [5.74, 6) is -0.237. The van der Waals surface area contributed by atoms with E-state index in [9.17, 15) is 4.39 Å². The van der Waals surface area contributed by atoms with Gasteiger partial charge in [0.1, 0.15) is 5.82 Å². The molecule has 1 aromatic heterocycles. The second-order valence-corrected chi connectivity index (χ2v) is 6.26. The average Bonchev–Trinajstić information content (AvgIpc) is 2.83. The Morgan fingerprint density at radius 3 is 2.42 bits per heavy atom. The van der Waals surface area contributed by atoms with E-state index in [1.165, 1.54) is 12.1 Å². The molecule has 0 atom stereocenters. The maximum absolute atomic E-state index is 13.1. The molecular formula is C20H18ClFN2. The number of rotatable bonds is 3. The Morgan fingerprint density at radius 1 is 1.00 bits per heavy atom. The van der Waals surface area contributed by atoms with Crippen molar-refractivity contribution in [3.63, 3.8) is 0 Å². The maximum Gasteiger partial charge on any atom is 0.123 e. The molecule has 2 nitrogen and oxygen atoms in total. The summed E-state index contributed by atoms with van der Waals surface area (Å²) in [6.07, 6.45) is 1.85. The molecule has 0 bridgehead atoms. The van der Waals surface area contributed by atoms with Crippen LogP contribution in [-0.2, 0) is 0 Å². The standard InChI is InChI=1S/C20H18ClFN2/c1-13-4-5-17(21)11-20(13)23-12-16-10-14(2)24(15(16)3)19-8-6-18(22)7-9-19/h4-12H,1-3H3. The highest BCUT2D eigenvalue weighted by atomic mass is 35.5. The van der Waals surface area contributed by atoms with Crippen LogP contribution in [0.2, 0.25) is 5.02 Å². The molecular weight excluding hydrogens is 323 g/mol. The minimum absolute atomic E-state index is 0.237. The Hall–Kier alpha value is -2.39. The molecule has 0 radical (unpaired) electrons. The van der Waals surface area contributed by atoms with E-state index in [4.69, 9.17) is 11.6 Å². The van der Waals surface area contributed by atoms with E-state index in [0.29, 0.717) is 5.02 Å². The molecule has 0 aliphatic heterocycles. The number of hydrogen-bond acceptors (Lipinski definition) is 1. The zero-order valence-electron chi connectivity index (χ0n) is 13.8. The third-order valence-electron chi connectivity index (χ3n) is 4.07. The van der Waals surface area contributed by atoms with E-state index in [0.717, 1.165) is 33.9 Å². The topological polar surface area (TPSA) is 17.3 Å². The second kappa shape index (κ2) is 6.62. The molecule has 2 aromatic carbocycles. The fraction of sp³-hybridized carbons (Fsp3) is 0.150. The molecule has 0 unspecified atom stereocenters. The van der Waals surface area contributed by atoms with Crippen molar-refractivity contribution < 1.29 is 4.39 Å². The third-order valence-corrected chi connectivity index (χ3v) is 4.30. The van der Waals surface area contributed by atoms with Gasteiger partial charge in [-0.3, -0.25) is 4.99 Å². The summed E-state index contributed by atoms with van der Waals surface area (Å²) in [6, 6.07) is 14.2. The number of benzene rings is 2. The van der Waals surface area contributed by atoms with Gasteiger partial charge >= 0.3 is 0 Å². The number of aryl methyl sites for hydroxylation is 2. The van der Waals surface area contributed by atoms with Crippen molar-refractivity contribution in [1.29, 1.82) is 0 Å². The summed E-state index contributed by atoms with van der Waals surface area (Å²) in [7, 11) is 0. The van der Waals surface area contributed by atoms with Gasteiger partial charge in [-0.15, -0.1) is 0 Å². The first-order chi connectivity index (χ1) is 11.5. The minimum Gasteiger partial charge on any atom is -0.318 e. The van der Waals surface area contributed by atoms with Crippen molar-refractivity contribution in [1.82, 2.24) is 4.57 Å². The molecule has 0 saturated carbocycles. The summed E-state index contributed by atoms with van der Waals surface area (Å²) >= 11 is 6.04. The van der Waals surface area contributed by atoms with Crippen molar-refractivity contribution in [3.8, 4) is 5.69 Å². The molecule has 3 rings (SSSR count). The summed E-state index contributed by atoms with van der Waals surface area (Å²) < 4.78 is 15.2. The van der Waals surface area contributed by atoms with Gasteiger partial charge in [-0.1, -0.05) is 17.7 Å². The summed E-state index contributed by atoms with van der Waals surface area (Å²) in [5, 5.41) is 0.671. The summed E-state index contributed by atoms with van der Waals surface area (Å²) in [4.78, 5) is 4.58. The van der Waals surface area contributed by atoms with E-state index in [1.54, 1.807) is 12.1 Å². The van der Waals surface area contributed by atoms with E-state index in [-0.39, 0.29) is 5.82 Å². The Morgan fingerprint density at radius 2 is 1.71 bits per heavy atom. The highest BCUT2D eigenvalue weighted by molar-refractivity contribution is 6.30. The molecule has 3 aromatic rings. The lowest BCUT2D eigenvalue weighted by Crippen LogP contribution is -1.99. The smallest absolute Gasteiger partial charge is 0.123 e. The second-order valence-electron chi connectivity index (χ2n) is 5.83. The number of aromatic nitrogens is 1. The fourth-order valence-corrected chi connectivity index (χ4v) is 2.93. The van der Waals surface area contributed by atoms with Crippen LogP contribution in [0.25, 0.3) is 5.69 Å². The zero-order chi connectivity index (χ0) is 17.3. The van der Waals surface area contributed by atoms with Gasteiger partial charge in [-0.25, -0.2) is 4.39 Å². The van der Waals surface area contributed by atoms with Gasteiger partial charge in [0.05, 0.1) is 5.69 Å². The summed E-state index contributed by atoms with van der Waals surface area (Å²) in [6.45, 7) is 6.06. The molecule has 0 amide bonds. The number of halogens is 2. The van der Waals surface area contributed by atoms with Gasteiger partial charge in [0.15, 0.2) is 0 Å². The van der Waals surface area contributed by atoms with Crippen molar-refractivity contribution in [2.75, 3.05) is 0 Å². The van der Waals surface area contributed by atoms with Crippen LogP contribution < -0.4 is 0 Å². The molecule has 24 heavy (non-hydrogen) atoms. The van der Waals surface area contributed by atoms with E-state index >= 15 is 0 Å². The lowest BCUT2D eigenvalue weighted by Gasteiger charge is -2.09. The minimum atomic E-state index is -0.237. The van der Waals surface area contributed by atoms with Gasteiger partial charge in [0.25, 0.3) is 0 Å². The first-order valence-electron chi connectivity index (χ1n) is 7.71. The fourth-order valence-electron chi connectivity index (χ4n) is 2.77. The Balaban J connectivity index is 1.98. The van der Waals surface area contributed by atoms with Gasteiger partial charge in [0.2, 0.25) is 0 Å². The molecule has 4 heteroatoms. The third kappa shape index (κ3) is 3.26. The van der Waals surface area contributed by atoms with Crippen LogP contribution in [0.3, 0.4) is 0 Å². The van der Waals surface area contributed by atoms with Crippen LogP contribution in [0.1, 0.15) is 22.5 Å². The monoisotopic (exact) mass is 340 g/mol. The quantitative estimate of drug-likeness (QED) is 0.524. The zero-order valence-corrected chi connectivity index (χ0v) is 14.6. The van der Waals surface area contributed by atoms with Crippen LogP contribution in [0, 0.1) is 26.6 Å². The van der Waals surface area contributed by atoms with Gasteiger partial charge in [0, 0.05) is 33.9 Å². The van der Waals surface area contributed by atoms with Crippen molar-refractivity contribution in [3.05, 3.63) is 81.9 Å². The normalized spacial score (nSPS) is 11.4. The van der Waals surface area contributed by atoms with Gasteiger partial charge in [-0.2, -0.15) is 0 Å². The van der Waals surface area contributed by atoms with E-state index in [2.05, 4.69) is 15.6 Å². The maximum atomic E-state index is 13.1.